The van der Waals surface area contributed by atoms with E-state index in [2.05, 4.69) is 51.9 Å². The van der Waals surface area contributed by atoms with Gasteiger partial charge in [-0.05, 0) is 49.9 Å². The molecule has 6 heteroatoms. The molecule has 4 N–H and O–H groups in total. The van der Waals surface area contributed by atoms with Gasteiger partial charge in [0.1, 0.15) is 0 Å². The summed E-state index contributed by atoms with van der Waals surface area (Å²) in [5.41, 5.74) is 4.84. The fraction of sp³-hybridized carbons (Fsp3) is 0.400. The van der Waals surface area contributed by atoms with E-state index in [9.17, 15) is 5.11 Å². The Morgan fingerprint density at radius 2 is 1.94 bits per heavy atom. The van der Waals surface area contributed by atoms with Crippen molar-refractivity contribution in [2.45, 2.75) is 39.4 Å². The van der Waals surface area contributed by atoms with Gasteiger partial charge in [0, 0.05) is 30.2 Å². The van der Waals surface area contributed by atoms with Gasteiger partial charge in [0.15, 0.2) is 5.96 Å². The summed E-state index contributed by atoms with van der Waals surface area (Å²) in [6.45, 7) is 8.20. The number of aryl methyl sites for hydroxylation is 1. The summed E-state index contributed by atoms with van der Waals surface area (Å²) in [6.07, 6.45) is 2.25. The lowest BCUT2D eigenvalue weighted by atomic mass is 10.1. The first-order valence-corrected chi connectivity index (χ1v) is 11.0. The van der Waals surface area contributed by atoms with Crippen LogP contribution in [0.25, 0.3) is 10.9 Å². The van der Waals surface area contributed by atoms with Gasteiger partial charge >= 0.3 is 0 Å². The lowest BCUT2D eigenvalue weighted by Crippen LogP contribution is -2.39. The molecule has 31 heavy (non-hydrogen) atoms. The van der Waals surface area contributed by atoms with Gasteiger partial charge in [0.05, 0.1) is 25.4 Å². The number of aliphatic imine (C=N–C) groups is 1. The van der Waals surface area contributed by atoms with Crippen molar-refractivity contribution in [3.05, 3.63) is 71.4 Å². The van der Waals surface area contributed by atoms with Crippen molar-refractivity contribution in [1.82, 2.24) is 15.6 Å². The van der Waals surface area contributed by atoms with Crippen LogP contribution in [0.1, 0.15) is 36.6 Å². The van der Waals surface area contributed by atoms with Crippen molar-refractivity contribution in [1.29, 1.82) is 0 Å². The maximum atomic E-state index is 10.3. The van der Waals surface area contributed by atoms with Crippen molar-refractivity contribution < 1.29 is 9.84 Å². The third-order valence-electron chi connectivity index (χ3n) is 5.29. The minimum absolute atomic E-state index is 0.0641. The summed E-state index contributed by atoms with van der Waals surface area (Å²) >= 11 is 0. The standard InChI is InChI=1S/C25H34N4O2/c1-4-26-25(27-14-13-21-15-28-23-12-8-9-18(2)24(21)23)29-16-22(30)17-31-19(3)20-10-6-5-7-11-20/h5-12,15,19,22,28,30H,4,13-14,16-17H2,1-3H3,(H2,26,27,29). The zero-order chi connectivity index (χ0) is 22.1. The molecule has 2 unspecified atom stereocenters. The molecule has 0 radical (unpaired) electrons. The average Bonchev–Trinajstić information content (AvgIpc) is 3.20. The topological polar surface area (TPSA) is 81.7 Å². The molecule has 0 aliphatic rings. The number of rotatable bonds is 10. The van der Waals surface area contributed by atoms with Gasteiger partial charge in [-0.15, -0.1) is 0 Å². The van der Waals surface area contributed by atoms with E-state index in [1.807, 2.05) is 44.2 Å². The smallest absolute Gasteiger partial charge is 0.191 e. The summed E-state index contributed by atoms with van der Waals surface area (Å²) in [5.74, 6) is 0.703. The second-order valence-electron chi connectivity index (χ2n) is 7.75. The number of aliphatic hydroxyl groups excluding tert-OH is 1. The molecule has 2 aromatic carbocycles. The number of hydrogen-bond donors (Lipinski definition) is 4. The first-order chi connectivity index (χ1) is 15.1. The number of nitrogens with zero attached hydrogens (tertiary/aromatic N) is 1. The van der Waals surface area contributed by atoms with E-state index in [4.69, 9.17) is 4.74 Å². The molecule has 0 aliphatic carbocycles. The van der Waals surface area contributed by atoms with Gasteiger partial charge in [0.2, 0.25) is 0 Å². The quantitative estimate of drug-likeness (QED) is 0.297. The van der Waals surface area contributed by atoms with E-state index in [0.29, 0.717) is 5.96 Å². The second kappa shape index (κ2) is 11.5. The molecule has 1 heterocycles. The Bertz CT molecular complexity index is 968. The van der Waals surface area contributed by atoms with Crippen LogP contribution in [0.4, 0.5) is 0 Å². The Hall–Kier alpha value is -2.83. The summed E-state index contributed by atoms with van der Waals surface area (Å²) in [4.78, 5) is 7.87. The summed E-state index contributed by atoms with van der Waals surface area (Å²) in [7, 11) is 0. The monoisotopic (exact) mass is 422 g/mol. The molecule has 0 fully saturated rings. The number of nitrogens with one attached hydrogen (secondary N) is 3. The molecule has 166 valence electrons. The van der Waals surface area contributed by atoms with Crippen molar-refractivity contribution in [3.8, 4) is 0 Å². The SMILES string of the molecule is CCNC(=NCC(O)COC(C)c1ccccc1)NCCc1c[nH]c2cccc(C)c12. The highest BCUT2D eigenvalue weighted by molar-refractivity contribution is 5.86. The summed E-state index contributed by atoms with van der Waals surface area (Å²) < 4.78 is 5.80. The number of hydrogen-bond acceptors (Lipinski definition) is 3. The lowest BCUT2D eigenvalue weighted by molar-refractivity contribution is 0.00112. The molecule has 0 spiro atoms. The maximum Gasteiger partial charge on any atom is 0.191 e. The van der Waals surface area contributed by atoms with Crippen LogP contribution < -0.4 is 10.6 Å². The highest BCUT2D eigenvalue weighted by Gasteiger charge is 2.10. The zero-order valence-corrected chi connectivity index (χ0v) is 18.7. The van der Waals surface area contributed by atoms with Crippen LogP contribution in [0.2, 0.25) is 0 Å². The fourth-order valence-corrected chi connectivity index (χ4v) is 3.63. The van der Waals surface area contributed by atoms with Crippen molar-refractivity contribution >= 4 is 16.9 Å². The van der Waals surface area contributed by atoms with Crippen LogP contribution in [-0.2, 0) is 11.2 Å². The number of aromatic nitrogens is 1. The van der Waals surface area contributed by atoms with Gasteiger partial charge in [-0.2, -0.15) is 0 Å². The first kappa shape index (κ1) is 22.8. The Balaban J connectivity index is 1.47. The Morgan fingerprint density at radius 3 is 2.71 bits per heavy atom. The fourth-order valence-electron chi connectivity index (χ4n) is 3.63. The predicted molar refractivity (Wildman–Crippen MR) is 128 cm³/mol. The van der Waals surface area contributed by atoms with E-state index in [0.717, 1.165) is 25.1 Å². The average molecular weight is 423 g/mol. The molecule has 3 rings (SSSR count). The third kappa shape index (κ3) is 6.57. The van der Waals surface area contributed by atoms with E-state index in [1.165, 1.54) is 22.0 Å². The van der Waals surface area contributed by atoms with Gasteiger partial charge < -0.3 is 25.5 Å². The van der Waals surface area contributed by atoms with Crippen molar-refractivity contribution in [2.24, 2.45) is 4.99 Å². The predicted octanol–water partition coefficient (Wildman–Crippen LogP) is 3.71. The largest absolute Gasteiger partial charge is 0.389 e. The number of aliphatic hydroxyl groups is 1. The molecule has 2 atom stereocenters. The van der Waals surface area contributed by atoms with Crippen LogP contribution in [0, 0.1) is 6.92 Å². The van der Waals surface area contributed by atoms with Crippen LogP contribution in [-0.4, -0.2) is 48.4 Å². The molecular weight excluding hydrogens is 388 g/mol. The highest BCUT2D eigenvalue weighted by atomic mass is 16.5. The Labute approximate surface area is 184 Å². The molecule has 0 aliphatic heterocycles. The second-order valence-corrected chi connectivity index (χ2v) is 7.75. The number of guanidine groups is 1. The van der Waals surface area contributed by atoms with Crippen LogP contribution >= 0.6 is 0 Å². The van der Waals surface area contributed by atoms with Crippen molar-refractivity contribution in [3.63, 3.8) is 0 Å². The van der Waals surface area contributed by atoms with Gasteiger partial charge in [-0.25, -0.2) is 0 Å². The van der Waals surface area contributed by atoms with E-state index in [1.54, 1.807) is 0 Å². The summed E-state index contributed by atoms with van der Waals surface area (Å²) in [6, 6.07) is 16.3. The zero-order valence-electron chi connectivity index (χ0n) is 18.7. The molecule has 1 aromatic heterocycles. The van der Waals surface area contributed by atoms with Crippen LogP contribution in [0.3, 0.4) is 0 Å². The number of H-pyrrole nitrogens is 1. The Kier molecular flexibility index (Phi) is 8.50. The molecule has 0 amide bonds. The van der Waals surface area contributed by atoms with Crippen LogP contribution in [0.5, 0.6) is 0 Å². The van der Waals surface area contributed by atoms with Gasteiger partial charge in [-0.1, -0.05) is 42.5 Å². The molecule has 0 bridgehead atoms. The lowest BCUT2D eigenvalue weighted by Gasteiger charge is -2.17. The molecule has 3 aromatic rings. The third-order valence-corrected chi connectivity index (χ3v) is 5.29. The van der Waals surface area contributed by atoms with E-state index >= 15 is 0 Å². The molecule has 0 saturated heterocycles. The van der Waals surface area contributed by atoms with Gasteiger partial charge in [-0.3, -0.25) is 4.99 Å². The molecular formula is C25H34N4O2. The minimum Gasteiger partial charge on any atom is -0.389 e. The molecule has 0 saturated carbocycles. The van der Waals surface area contributed by atoms with E-state index in [-0.39, 0.29) is 19.3 Å². The highest BCUT2D eigenvalue weighted by Crippen LogP contribution is 2.22. The van der Waals surface area contributed by atoms with Gasteiger partial charge in [0.25, 0.3) is 0 Å². The Morgan fingerprint density at radius 1 is 1.13 bits per heavy atom. The number of fused-ring (bicyclic) bond motifs is 1. The molecule has 6 nitrogen and oxygen atoms in total. The normalized spacial score (nSPS) is 13.9. The van der Waals surface area contributed by atoms with Crippen molar-refractivity contribution in [2.75, 3.05) is 26.2 Å². The maximum absolute atomic E-state index is 10.3. The first-order valence-electron chi connectivity index (χ1n) is 11.0. The van der Waals surface area contributed by atoms with E-state index < -0.39 is 6.10 Å². The van der Waals surface area contributed by atoms with Crippen LogP contribution in [0.15, 0.2) is 59.7 Å². The number of benzene rings is 2. The number of ether oxygens (including phenoxy) is 1. The minimum atomic E-state index is -0.655. The number of aromatic amines is 1. The summed E-state index contributed by atoms with van der Waals surface area (Å²) in [5, 5.41) is 18.2.